The average Bonchev–Trinajstić information content (AvgIpc) is 2.79. The third-order valence-corrected chi connectivity index (χ3v) is 2.77. The third kappa shape index (κ3) is 3.86. The Bertz CT molecular complexity index is 382. The lowest BCUT2D eigenvalue weighted by molar-refractivity contribution is 0.241. The molecule has 1 aromatic heterocycles. The van der Waals surface area contributed by atoms with Crippen molar-refractivity contribution in [3.8, 4) is 5.75 Å². The Morgan fingerprint density at radius 1 is 1.47 bits per heavy atom. The summed E-state index contributed by atoms with van der Waals surface area (Å²) in [5, 5.41) is 3.35. The maximum Gasteiger partial charge on any atom is 0.138 e. The lowest BCUT2D eigenvalue weighted by Gasteiger charge is -2.09. The molecule has 3 nitrogen and oxygen atoms in total. The fraction of sp³-hybridized carbons (Fsp3) is 0.500. The van der Waals surface area contributed by atoms with Crippen LogP contribution in [0, 0.1) is 5.92 Å². The van der Waals surface area contributed by atoms with Crippen molar-refractivity contribution in [2.75, 3.05) is 13.1 Å². The Balaban J connectivity index is 2.00. The Morgan fingerprint density at radius 3 is 3.06 bits per heavy atom. The molecule has 17 heavy (non-hydrogen) atoms. The van der Waals surface area contributed by atoms with Crippen LogP contribution in [0.4, 0.5) is 0 Å². The van der Waals surface area contributed by atoms with Crippen molar-refractivity contribution >= 4 is 6.08 Å². The summed E-state index contributed by atoms with van der Waals surface area (Å²) >= 11 is 0. The number of nitrogens with zero attached hydrogens (tertiary/aromatic N) is 1. The Kier molecular flexibility index (Phi) is 4.15. The van der Waals surface area contributed by atoms with Gasteiger partial charge < -0.3 is 10.1 Å². The minimum absolute atomic E-state index is 0.190. The first-order chi connectivity index (χ1) is 8.24. The van der Waals surface area contributed by atoms with Crippen LogP contribution in [-0.4, -0.2) is 24.2 Å². The second kappa shape index (κ2) is 5.82. The van der Waals surface area contributed by atoms with Crippen molar-refractivity contribution in [1.82, 2.24) is 10.3 Å². The van der Waals surface area contributed by atoms with Gasteiger partial charge in [-0.1, -0.05) is 12.2 Å². The van der Waals surface area contributed by atoms with Crippen molar-refractivity contribution < 1.29 is 4.74 Å². The molecule has 1 atom stereocenters. The van der Waals surface area contributed by atoms with Crippen LogP contribution in [0.5, 0.6) is 5.75 Å². The quantitative estimate of drug-likeness (QED) is 0.866. The van der Waals surface area contributed by atoms with Crippen molar-refractivity contribution in [2.45, 2.75) is 26.4 Å². The van der Waals surface area contributed by atoms with Gasteiger partial charge in [-0.2, -0.15) is 0 Å². The van der Waals surface area contributed by atoms with Crippen LogP contribution in [0.2, 0.25) is 0 Å². The monoisotopic (exact) mass is 232 g/mol. The molecule has 0 saturated carbocycles. The molecular formula is C14H20N2O. The molecule has 0 aliphatic carbocycles. The molecule has 2 rings (SSSR count). The Morgan fingerprint density at radius 2 is 2.35 bits per heavy atom. The maximum atomic E-state index is 5.62. The second-order valence-corrected chi connectivity index (χ2v) is 4.73. The van der Waals surface area contributed by atoms with Gasteiger partial charge in [0.15, 0.2) is 0 Å². The van der Waals surface area contributed by atoms with E-state index in [4.69, 9.17) is 4.74 Å². The predicted molar refractivity (Wildman–Crippen MR) is 70.0 cm³/mol. The SMILES string of the molecule is CC(C)Oc1cncc(/C=C/[C@@H]2CCNC2)c1. The molecule has 3 heteroatoms. The van der Waals surface area contributed by atoms with E-state index in [9.17, 15) is 0 Å². The summed E-state index contributed by atoms with van der Waals surface area (Å²) in [6.07, 6.45) is 9.44. The second-order valence-electron chi connectivity index (χ2n) is 4.73. The molecule has 1 aromatic rings. The van der Waals surface area contributed by atoms with Gasteiger partial charge >= 0.3 is 0 Å². The zero-order chi connectivity index (χ0) is 12.1. The standard InChI is InChI=1S/C14H20N2O/c1-11(2)17-14-7-13(9-16-10-14)4-3-12-5-6-15-8-12/h3-4,7,9-12,15H,5-6,8H2,1-2H3/b4-3+/t12-/m1/s1. The summed E-state index contributed by atoms with van der Waals surface area (Å²) < 4.78 is 5.62. The molecule has 1 aliphatic heterocycles. The Labute approximate surface area is 103 Å². The molecule has 0 unspecified atom stereocenters. The van der Waals surface area contributed by atoms with Crippen LogP contribution in [0.1, 0.15) is 25.8 Å². The molecular weight excluding hydrogens is 212 g/mol. The van der Waals surface area contributed by atoms with E-state index in [0.29, 0.717) is 5.92 Å². The summed E-state index contributed by atoms with van der Waals surface area (Å²) in [6, 6.07) is 2.03. The van der Waals surface area contributed by atoms with E-state index in [1.54, 1.807) is 6.20 Å². The van der Waals surface area contributed by atoms with Crippen LogP contribution in [0.25, 0.3) is 6.08 Å². The highest BCUT2D eigenvalue weighted by Crippen LogP contribution is 2.16. The van der Waals surface area contributed by atoms with Gasteiger partial charge in [0.25, 0.3) is 0 Å². The van der Waals surface area contributed by atoms with E-state index in [2.05, 4.69) is 22.5 Å². The number of hydrogen-bond acceptors (Lipinski definition) is 3. The normalized spacial score (nSPS) is 20.3. The first kappa shape index (κ1) is 12.1. The minimum Gasteiger partial charge on any atom is -0.489 e. The van der Waals surface area contributed by atoms with Gasteiger partial charge in [0.05, 0.1) is 12.3 Å². The van der Waals surface area contributed by atoms with Gasteiger partial charge in [-0.15, -0.1) is 0 Å². The molecule has 0 spiro atoms. The van der Waals surface area contributed by atoms with Crippen molar-refractivity contribution in [2.24, 2.45) is 5.92 Å². The van der Waals surface area contributed by atoms with Crippen molar-refractivity contribution in [1.29, 1.82) is 0 Å². The lowest BCUT2D eigenvalue weighted by atomic mass is 10.1. The van der Waals surface area contributed by atoms with Gasteiger partial charge in [0.2, 0.25) is 0 Å². The number of pyridine rings is 1. The smallest absolute Gasteiger partial charge is 0.138 e. The number of nitrogens with one attached hydrogen (secondary N) is 1. The molecule has 1 N–H and O–H groups in total. The summed E-state index contributed by atoms with van der Waals surface area (Å²) in [4.78, 5) is 4.19. The number of hydrogen-bond donors (Lipinski definition) is 1. The van der Waals surface area contributed by atoms with Gasteiger partial charge in [-0.3, -0.25) is 4.98 Å². The van der Waals surface area contributed by atoms with Crippen LogP contribution in [0.3, 0.4) is 0 Å². The number of rotatable bonds is 4. The van der Waals surface area contributed by atoms with E-state index in [-0.39, 0.29) is 6.10 Å². The molecule has 1 saturated heterocycles. The van der Waals surface area contributed by atoms with E-state index < -0.39 is 0 Å². The first-order valence-corrected chi connectivity index (χ1v) is 6.24. The van der Waals surface area contributed by atoms with Gasteiger partial charge in [0.1, 0.15) is 5.75 Å². The van der Waals surface area contributed by atoms with Gasteiger partial charge in [0, 0.05) is 12.7 Å². The highest BCUT2D eigenvalue weighted by molar-refractivity contribution is 5.50. The van der Waals surface area contributed by atoms with Gasteiger partial charge in [-0.05, 0) is 44.4 Å². The highest BCUT2D eigenvalue weighted by atomic mass is 16.5. The molecule has 2 heterocycles. The number of ether oxygens (including phenoxy) is 1. The van der Waals surface area contributed by atoms with Crippen LogP contribution < -0.4 is 10.1 Å². The summed E-state index contributed by atoms with van der Waals surface area (Å²) in [7, 11) is 0. The van der Waals surface area contributed by atoms with Crippen molar-refractivity contribution in [3.63, 3.8) is 0 Å². The largest absolute Gasteiger partial charge is 0.489 e. The average molecular weight is 232 g/mol. The topological polar surface area (TPSA) is 34.1 Å². The summed E-state index contributed by atoms with van der Waals surface area (Å²) in [5.74, 6) is 1.50. The zero-order valence-corrected chi connectivity index (χ0v) is 10.5. The molecule has 0 amide bonds. The minimum atomic E-state index is 0.190. The summed E-state index contributed by atoms with van der Waals surface area (Å²) in [5.41, 5.74) is 1.11. The Hall–Kier alpha value is -1.35. The fourth-order valence-corrected chi connectivity index (χ4v) is 1.95. The van der Waals surface area contributed by atoms with Crippen LogP contribution in [0.15, 0.2) is 24.5 Å². The van der Waals surface area contributed by atoms with E-state index in [1.165, 1.54) is 6.42 Å². The molecule has 1 fully saturated rings. The van der Waals surface area contributed by atoms with Gasteiger partial charge in [-0.25, -0.2) is 0 Å². The molecule has 0 radical (unpaired) electrons. The lowest BCUT2D eigenvalue weighted by Crippen LogP contribution is -2.07. The fourth-order valence-electron chi connectivity index (χ4n) is 1.95. The molecule has 0 bridgehead atoms. The third-order valence-electron chi connectivity index (χ3n) is 2.77. The summed E-state index contributed by atoms with van der Waals surface area (Å²) in [6.45, 7) is 6.26. The van der Waals surface area contributed by atoms with Crippen LogP contribution in [-0.2, 0) is 0 Å². The molecule has 0 aromatic carbocycles. The van der Waals surface area contributed by atoms with Crippen LogP contribution >= 0.6 is 0 Å². The van der Waals surface area contributed by atoms with E-state index >= 15 is 0 Å². The van der Waals surface area contributed by atoms with Crippen molar-refractivity contribution in [3.05, 3.63) is 30.1 Å². The predicted octanol–water partition coefficient (Wildman–Crippen LogP) is 2.49. The highest BCUT2D eigenvalue weighted by Gasteiger charge is 2.10. The molecule has 1 aliphatic rings. The first-order valence-electron chi connectivity index (χ1n) is 6.24. The zero-order valence-electron chi connectivity index (χ0n) is 10.5. The van der Waals surface area contributed by atoms with E-state index in [1.807, 2.05) is 26.1 Å². The maximum absolute atomic E-state index is 5.62. The molecule has 92 valence electrons. The van der Waals surface area contributed by atoms with E-state index in [0.717, 1.165) is 24.4 Å². The number of aromatic nitrogens is 1.